The monoisotopic (exact) mass is 305 g/mol. The van der Waals surface area contributed by atoms with E-state index in [0.29, 0.717) is 17.9 Å². The van der Waals surface area contributed by atoms with Crippen molar-refractivity contribution in [2.75, 3.05) is 11.9 Å². The third kappa shape index (κ3) is 2.71. The number of halogens is 1. The molecule has 0 fully saturated rings. The van der Waals surface area contributed by atoms with Crippen molar-refractivity contribution in [3.63, 3.8) is 0 Å². The van der Waals surface area contributed by atoms with Crippen molar-refractivity contribution in [3.8, 4) is 23.1 Å². The Morgan fingerprint density at radius 2 is 2.28 bits per heavy atom. The molecule has 0 radical (unpaired) electrons. The van der Waals surface area contributed by atoms with Crippen LogP contribution in [-0.4, -0.2) is 22.1 Å². The molecule has 4 nitrogen and oxygen atoms in total. The summed E-state index contributed by atoms with van der Waals surface area (Å²) in [7, 11) is 0. The summed E-state index contributed by atoms with van der Waals surface area (Å²) in [6, 6.07) is 9.46. The first-order valence-electron chi connectivity index (χ1n) is 5.58. The van der Waals surface area contributed by atoms with Gasteiger partial charge >= 0.3 is 0 Å². The van der Waals surface area contributed by atoms with Crippen LogP contribution >= 0.6 is 15.9 Å². The predicted molar refractivity (Wildman–Crippen MR) is 72.6 cm³/mol. The number of benzene rings is 1. The fourth-order valence-corrected chi connectivity index (χ4v) is 1.88. The maximum Gasteiger partial charge on any atom is 0.129 e. The van der Waals surface area contributed by atoms with Crippen LogP contribution in [-0.2, 0) is 0 Å². The Labute approximate surface area is 114 Å². The lowest BCUT2D eigenvalue weighted by Crippen LogP contribution is -2.00. The molecule has 5 heteroatoms. The van der Waals surface area contributed by atoms with Crippen LogP contribution in [0.4, 0.5) is 0 Å². The largest absolute Gasteiger partial charge is 0.493 e. The average Bonchev–Trinajstić information content (AvgIpc) is 2.92. The van der Waals surface area contributed by atoms with Crippen LogP contribution in [0.2, 0.25) is 0 Å². The number of rotatable bonds is 5. The van der Waals surface area contributed by atoms with Gasteiger partial charge in [-0.2, -0.15) is 10.4 Å². The number of alkyl halides is 1. The quantitative estimate of drug-likeness (QED) is 0.682. The number of nitrogens with one attached hydrogen (secondary N) is 1. The molecule has 0 aliphatic heterocycles. The van der Waals surface area contributed by atoms with Gasteiger partial charge in [0.2, 0.25) is 0 Å². The van der Waals surface area contributed by atoms with Gasteiger partial charge in [-0.25, -0.2) is 0 Å². The van der Waals surface area contributed by atoms with Crippen molar-refractivity contribution < 1.29 is 4.74 Å². The van der Waals surface area contributed by atoms with Gasteiger partial charge in [0.25, 0.3) is 0 Å². The lowest BCUT2D eigenvalue weighted by molar-refractivity contribution is 0.320. The predicted octanol–water partition coefficient (Wildman–Crippen LogP) is 3.11. The molecule has 2 aromatic rings. The fourth-order valence-electron chi connectivity index (χ4n) is 1.65. The SMILES string of the molecule is N#Cc1cccc(OCCCBr)c1-c1ccn[nH]1. The van der Waals surface area contributed by atoms with Crippen LogP contribution in [0.5, 0.6) is 5.75 Å². The third-order valence-electron chi connectivity index (χ3n) is 2.45. The highest BCUT2D eigenvalue weighted by Gasteiger charge is 2.12. The van der Waals surface area contributed by atoms with Gasteiger partial charge in [0.15, 0.2) is 0 Å². The highest BCUT2D eigenvalue weighted by Crippen LogP contribution is 2.31. The third-order valence-corrected chi connectivity index (χ3v) is 3.01. The van der Waals surface area contributed by atoms with E-state index < -0.39 is 0 Å². The topological polar surface area (TPSA) is 61.7 Å². The Kier molecular flexibility index (Phi) is 4.37. The molecule has 0 atom stereocenters. The lowest BCUT2D eigenvalue weighted by Gasteiger charge is -2.11. The molecule has 0 aliphatic carbocycles. The fraction of sp³-hybridized carbons (Fsp3) is 0.231. The van der Waals surface area contributed by atoms with Crippen LogP contribution in [0, 0.1) is 11.3 Å². The minimum atomic E-state index is 0.579. The molecule has 1 aromatic heterocycles. The lowest BCUT2D eigenvalue weighted by atomic mass is 10.0. The van der Waals surface area contributed by atoms with Crippen molar-refractivity contribution in [1.82, 2.24) is 10.2 Å². The van der Waals surface area contributed by atoms with Gasteiger partial charge < -0.3 is 4.74 Å². The van der Waals surface area contributed by atoms with Crippen LogP contribution in [0.15, 0.2) is 30.5 Å². The van der Waals surface area contributed by atoms with Crippen LogP contribution in [0.3, 0.4) is 0 Å². The van der Waals surface area contributed by atoms with Gasteiger partial charge in [0.05, 0.1) is 29.5 Å². The second kappa shape index (κ2) is 6.22. The van der Waals surface area contributed by atoms with Gasteiger partial charge in [-0.1, -0.05) is 22.0 Å². The van der Waals surface area contributed by atoms with Crippen LogP contribution < -0.4 is 4.74 Å². The van der Waals surface area contributed by atoms with E-state index in [4.69, 9.17) is 10.00 Å². The molecule has 0 unspecified atom stereocenters. The second-order valence-corrected chi connectivity index (χ2v) is 4.44. The number of hydrogen-bond acceptors (Lipinski definition) is 3. The number of ether oxygens (including phenoxy) is 1. The van der Waals surface area contributed by atoms with Crippen molar-refractivity contribution >= 4 is 15.9 Å². The summed E-state index contributed by atoms with van der Waals surface area (Å²) in [5.41, 5.74) is 2.14. The molecule has 2 rings (SSSR count). The number of nitriles is 1. The minimum Gasteiger partial charge on any atom is -0.493 e. The molecule has 0 saturated carbocycles. The van der Waals surface area contributed by atoms with Gasteiger partial charge in [-0.3, -0.25) is 5.10 Å². The Bertz CT molecular complexity index is 546. The zero-order chi connectivity index (χ0) is 12.8. The van der Waals surface area contributed by atoms with Crippen molar-refractivity contribution in [3.05, 3.63) is 36.0 Å². The summed E-state index contributed by atoms with van der Waals surface area (Å²) >= 11 is 3.36. The van der Waals surface area contributed by atoms with Crippen molar-refractivity contribution in [1.29, 1.82) is 5.26 Å². The summed E-state index contributed by atoms with van der Waals surface area (Å²) in [4.78, 5) is 0. The van der Waals surface area contributed by atoms with Gasteiger partial charge in [-0.05, 0) is 24.6 Å². The number of hydrogen-bond donors (Lipinski definition) is 1. The molecule has 1 heterocycles. The first-order valence-corrected chi connectivity index (χ1v) is 6.70. The van der Waals surface area contributed by atoms with E-state index in [1.54, 1.807) is 12.3 Å². The number of aromatic amines is 1. The van der Waals surface area contributed by atoms with E-state index in [1.165, 1.54) is 0 Å². The summed E-state index contributed by atoms with van der Waals surface area (Å²) in [6.45, 7) is 0.612. The smallest absolute Gasteiger partial charge is 0.129 e. The first-order chi connectivity index (χ1) is 8.86. The molecule has 0 amide bonds. The Morgan fingerprint density at radius 3 is 2.94 bits per heavy atom. The summed E-state index contributed by atoms with van der Waals surface area (Å²) in [5, 5.41) is 16.8. The normalized spacial score (nSPS) is 10.0. The average molecular weight is 306 g/mol. The molecule has 0 bridgehead atoms. The second-order valence-electron chi connectivity index (χ2n) is 3.65. The van der Waals surface area contributed by atoms with E-state index >= 15 is 0 Å². The Morgan fingerprint density at radius 1 is 1.39 bits per heavy atom. The number of aromatic nitrogens is 2. The molecule has 0 spiro atoms. The zero-order valence-corrected chi connectivity index (χ0v) is 11.3. The van der Waals surface area contributed by atoms with Gasteiger partial charge in [0.1, 0.15) is 5.75 Å². The molecule has 0 aliphatic rings. The maximum absolute atomic E-state index is 9.17. The molecule has 18 heavy (non-hydrogen) atoms. The van der Waals surface area contributed by atoms with E-state index in [9.17, 15) is 0 Å². The number of nitrogens with zero attached hydrogens (tertiary/aromatic N) is 2. The van der Waals surface area contributed by atoms with E-state index in [0.717, 1.165) is 23.0 Å². The highest BCUT2D eigenvalue weighted by atomic mass is 79.9. The Hall–Kier alpha value is -1.80. The summed E-state index contributed by atoms with van der Waals surface area (Å²) in [5.74, 6) is 0.708. The van der Waals surface area contributed by atoms with Gasteiger partial charge in [-0.15, -0.1) is 0 Å². The summed E-state index contributed by atoms with van der Waals surface area (Å²) in [6.07, 6.45) is 2.57. The minimum absolute atomic E-state index is 0.579. The van der Waals surface area contributed by atoms with Crippen LogP contribution in [0.1, 0.15) is 12.0 Å². The molecule has 92 valence electrons. The van der Waals surface area contributed by atoms with E-state index in [2.05, 4.69) is 32.2 Å². The molecule has 1 N–H and O–H groups in total. The first kappa shape index (κ1) is 12.7. The summed E-state index contributed by atoms with van der Waals surface area (Å²) < 4.78 is 5.71. The highest BCUT2D eigenvalue weighted by molar-refractivity contribution is 9.09. The molecule has 0 saturated heterocycles. The van der Waals surface area contributed by atoms with Crippen molar-refractivity contribution in [2.45, 2.75) is 6.42 Å². The maximum atomic E-state index is 9.17. The van der Waals surface area contributed by atoms with Crippen molar-refractivity contribution in [2.24, 2.45) is 0 Å². The standard InChI is InChI=1S/C13H12BrN3O/c14-6-2-8-18-12-4-1-3-10(9-15)13(12)11-5-7-16-17-11/h1,3-5,7H,2,6,8H2,(H,16,17). The van der Waals surface area contributed by atoms with Crippen LogP contribution in [0.25, 0.3) is 11.3 Å². The zero-order valence-electron chi connectivity index (χ0n) is 9.69. The number of H-pyrrole nitrogens is 1. The molecular formula is C13H12BrN3O. The van der Waals surface area contributed by atoms with Gasteiger partial charge in [0, 0.05) is 11.5 Å². The molecular weight excluding hydrogens is 294 g/mol. The Balaban J connectivity index is 2.37. The molecule has 1 aromatic carbocycles. The van der Waals surface area contributed by atoms with E-state index in [-0.39, 0.29) is 0 Å². The van der Waals surface area contributed by atoms with E-state index in [1.807, 2.05) is 18.2 Å².